The number of pyridine rings is 1. The predicted molar refractivity (Wildman–Crippen MR) is 103 cm³/mol. The van der Waals surface area contributed by atoms with Crippen LogP contribution in [-0.2, 0) is 6.54 Å². The fourth-order valence-corrected chi connectivity index (χ4v) is 4.47. The third kappa shape index (κ3) is 3.85. The number of hydrogen-bond donors (Lipinski definition) is 1. The first-order chi connectivity index (χ1) is 12.6. The van der Waals surface area contributed by atoms with E-state index in [1.807, 2.05) is 12.1 Å². The summed E-state index contributed by atoms with van der Waals surface area (Å²) in [6, 6.07) is 10.2. The molecule has 2 aliphatic heterocycles. The highest BCUT2D eigenvalue weighted by Crippen LogP contribution is 2.27. The van der Waals surface area contributed by atoms with E-state index in [0.717, 1.165) is 74.5 Å². The number of fused-ring (bicyclic) bond motifs is 1. The van der Waals surface area contributed by atoms with Gasteiger partial charge in [-0.15, -0.1) is 0 Å². The van der Waals surface area contributed by atoms with Crippen molar-refractivity contribution in [3.05, 3.63) is 36.0 Å². The Balaban J connectivity index is 1.47. The summed E-state index contributed by atoms with van der Waals surface area (Å²) in [5.74, 6) is 0.813. The third-order valence-corrected chi connectivity index (χ3v) is 5.70. The van der Waals surface area contributed by atoms with Gasteiger partial charge in [0.15, 0.2) is 0 Å². The van der Waals surface area contributed by atoms with E-state index in [1.54, 1.807) is 7.11 Å². The monoisotopic (exact) mass is 355 g/mol. The maximum atomic E-state index is 11.1. The second-order valence-electron chi connectivity index (χ2n) is 7.86. The number of piperidine rings is 1. The van der Waals surface area contributed by atoms with Crippen LogP contribution >= 0.6 is 0 Å². The average Bonchev–Trinajstić information content (AvgIpc) is 3.13. The molecule has 3 heterocycles. The highest BCUT2D eigenvalue weighted by molar-refractivity contribution is 5.84. The Morgan fingerprint density at radius 1 is 1.08 bits per heavy atom. The smallest absolute Gasteiger partial charge is 0.145 e. The molecular weight excluding hydrogens is 326 g/mol. The zero-order valence-electron chi connectivity index (χ0n) is 15.7. The number of methoxy groups -OCH3 is 1. The van der Waals surface area contributed by atoms with Crippen molar-refractivity contribution in [3.8, 4) is 5.75 Å². The molecule has 1 unspecified atom stereocenters. The number of hydrogen-bond acceptors (Lipinski definition) is 5. The van der Waals surface area contributed by atoms with E-state index >= 15 is 0 Å². The summed E-state index contributed by atoms with van der Waals surface area (Å²) in [5, 5.41) is 12.2. The molecule has 0 amide bonds. The Morgan fingerprint density at radius 3 is 2.69 bits per heavy atom. The van der Waals surface area contributed by atoms with E-state index in [2.05, 4.69) is 28.0 Å². The molecule has 0 radical (unpaired) electrons. The lowest BCUT2D eigenvalue weighted by Crippen LogP contribution is -2.53. The second-order valence-corrected chi connectivity index (χ2v) is 7.86. The van der Waals surface area contributed by atoms with Crippen LogP contribution in [0, 0.1) is 0 Å². The van der Waals surface area contributed by atoms with Crippen LogP contribution in [0.25, 0.3) is 10.9 Å². The van der Waals surface area contributed by atoms with E-state index in [0.29, 0.717) is 0 Å². The molecule has 0 aliphatic carbocycles. The number of para-hydroxylation sites is 1. The molecule has 5 nitrogen and oxygen atoms in total. The first-order valence-corrected chi connectivity index (χ1v) is 9.75. The van der Waals surface area contributed by atoms with Crippen LogP contribution in [0.5, 0.6) is 5.75 Å². The number of aliphatic hydroxyl groups is 1. The molecule has 0 bridgehead atoms. The van der Waals surface area contributed by atoms with Gasteiger partial charge in [-0.05, 0) is 57.5 Å². The lowest BCUT2D eigenvalue weighted by atomic mass is 9.92. The Morgan fingerprint density at radius 2 is 1.88 bits per heavy atom. The molecule has 5 heteroatoms. The summed E-state index contributed by atoms with van der Waals surface area (Å²) in [5.41, 5.74) is 1.36. The van der Waals surface area contributed by atoms with Crippen LogP contribution in [0.1, 0.15) is 31.4 Å². The quantitative estimate of drug-likeness (QED) is 0.894. The van der Waals surface area contributed by atoms with Gasteiger partial charge in [-0.3, -0.25) is 4.90 Å². The minimum absolute atomic E-state index is 0.586. The van der Waals surface area contributed by atoms with Crippen molar-refractivity contribution in [1.29, 1.82) is 0 Å². The van der Waals surface area contributed by atoms with Crippen LogP contribution in [0.2, 0.25) is 0 Å². The van der Waals surface area contributed by atoms with Crippen molar-refractivity contribution in [2.75, 3.05) is 39.8 Å². The second kappa shape index (κ2) is 7.51. The first kappa shape index (κ1) is 17.7. The van der Waals surface area contributed by atoms with Gasteiger partial charge in [0.1, 0.15) is 11.3 Å². The summed E-state index contributed by atoms with van der Waals surface area (Å²) in [6.45, 7) is 5.60. The number of rotatable bonds is 5. The lowest BCUT2D eigenvalue weighted by molar-refractivity contribution is -0.0521. The van der Waals surface area contributed by atoms with Crippen molar-refractivity contribution >= 4 is 10.9 Å². The van der Waals surface area contributed by atoms with Crippen LogP contribution < -0.4 is 4.74 Å². The third-order valence-electron chi connectivity index (χ3n) is 5.70. The van der Waals surface area contributed by atoms with Gasteiger partial charge in [0.25, 0.3) is 0 Å². The predicted octanol–water partition coefficient (Wildman–Crippen LogP) is 2.67. The summed E-state index contributed by atoms with van der Waals surface area (Å²) < 4.78 is 5.46. The van der Waals surface area contributed by atoms with Crippen molar-refractivity contribution in [2.24, 2.45) is 0 Å². The first-order valence-electron chi connectivity index (χ1n) is 9.75. The van der Waals surface area contributed by atoms with Crippen molar-refractivity contribution in [1.82, 2.24) is 14.8 Å². The molecule has 1 atom stereocenters. The average molecular weight is 355 g/mol. The minimum Gasteiger partial charge on any atom is -0.494 e. The van der Waals surface area contributed by atoms with Gasteiger partial charge in [0.2, 0.25) is 0 Å². The van der Waals surface area contributed by atoms with Crippen molar-refractivity contribution < 1.29 is 9.84 Å². The fourth-order valence-electron chi connectivity index (χ4n) is 4.47. The van der Waals surface area contributed by atoms with E-state index in [4.69, 9.17) is 9.72 Å². The summed E-state index contributed by atoms with van der Waals surface area (Å²) >= 11 is 0. The summed E-state index contributed by atoms with van der Waals surface area (Å²) in [4.78, 5) is 9.60. The molecule has 4 rings (SSSR count). The molecule has 2 aromatic rings. The molecular formula is C21H29N3O2. The SMILES string of the molecule is COc1cccc2ccc(CN3CCCC(O)(CN4CCCC4)C3)nc12. The summed E-state index contributed by atoms with van der Waals surface area (Å²) in [7, 11) is 1.69. The maximum absolute atomic E-state index is 11.1. The summed E-state index contributed by atoms with van der Waals surface area (Å²) in [6.07, 6.45) is 4.48. The standard InChI is InChI=1S/C21H29N3O2/c1-26-19-7-4-6-17-8-9-18(22-20(17)19)14-24-13-5-10-21(25,16-24)15-23-11-2-3-12-23/h4,6-9,25H,2-3,5,10-16H2,1H3. The number of benzene rings is 1. The molecule has 26 heavy (non-hydrogen) atoms. The van der Waals surface area contributed by atoms with Crippen LogP contribution in [0.15, 0.2) is 30.3 Å². The van der Waals surface area contributed by atoms with Gasteiger partial charge >= 0.3 is 0 Å². The minimum atomic E-state index is -0.586. The van der Waals surface area contributed by atoms with Gasteiger partial charge in [0, 0.05) is 25.0 Å². The molecule has 1 N–H and O–H groups in total. The molecule has 0 spiro atoms. The number of aromatic nitrogens is 1. The van der Waals surface area contributed by atoms with E-state index in [1.165, 1.54) is 12.8 Å². The molecule has 1 aromatic carbocycles. The van der Waals surface area contributed by atoms with Gasteiger partial charge in [-0.2, -0.15) is 0 Å². The van der Waals surface area contributed by atoms with Crippen LogP contribution in [0.4, 0.5) is 0 Å². The lowest BCUT2D eigenvalue weighted by Gasteiger charge is -2.41. The number of β-amino-alcohol motifs (C(OH)–C–C–N with tert-alkyl or cyclic N) is 1. The van der Waals surface area contributed by atoms with Gasteiger partial charge in [-0.1, -0.05) is 18.2 Å². The largest absolute Gasteiger partial charge is 0.494 e. The number of ether oxygens (including phenoxy) is 1. The fraction of sp³-hybridized carbons (Fsp3) is 0.571. The molecule has 1 aromatic heterocycles. The Bertz CT molecular complexity index is 760. The van der Waals surface area contributed by atoms with Gasteiger partial charge in [-0.25, -0.2) is 4.98 Å². The highest BCUT2D eigenvalue weighted by Gasteiger charge is 2.35. The van der Waals surface area contributed by atoms with Crippen LogP contribution in [0.3, 0.4) is 0 Å². The Hall–Kier alpha value is -1.69. The van der Waals surface area contributed by atoms with E-state index in [-0.39, 0.29) is 0 Å². The molecule has 0 saturated carbocycles. The number of likely N-dealkylation sites (tertiary alicyclic amines) is 2. The van der Waals surface area contributed by atoms with E-state index in [9.17, 15) is 5.11 Å². The van der Waals surface area contributed by atoms with E-state index < -0.39 is 5.60 Å². The molecule has 2 fully saturated rings. The van der Waals surface area contributed by atoms with Gasteiger partial charge < -0.3 is 14.7 Å². The zero-order chi connectivity index (χ0) is 18.0. The van der Waals surface area contributed by atoms with Crippen molar-refractivity contribution in [3.63, 3.8) is 0 Å². The maximum Gasteiger partial charge on any atom is 0.145 e. The van der Waals surface area contributed by atoms with Gasteiger partial charge in [0.05, 0.1) is 18.4 Å². The number of nitrogens with zero attached hydrogens (tertiary/aromatic N) is 3. The topological polar surface area (TPSA) is 48.8 Å². The van der Waals surface area contributed by atoms with Crippen molar-refractivity contribution in [2.45, 2.75) is 37.8 Å². The molecule has 2 saturated heterocycles. The molecule has 2 aliphatic rings. The Kier molecular flexibility index (Phi) is 5.11. The Labute approximate surface area is 155 Å². The normalized spacial score (nSPS) is 25.0. The zero-order valence-corrected chi connectivity index (χ0v) is 15.7. The van der Waals surface area contributed by atoms with Crippen LogP contribution in [-0.4, -0.2) is 65.3 Å². The molecule has 140 valence electrons. The highest BCUT2D eigenvalue weighted by atomic mass is 16.5.